The number of aryl methyl sites for hydroxylation is 1. The van der Waals surface area contributed by atoms with Gasteiger partial charge in [-0.25, -0.2) is 4.98 Å². The summed E-state index contributed by atoms with van der Waals surface area (Å²) in [6, 6.07) is 3.06. The Balaban J connectivity index is 1.90. The van der Waals surface area contributed by atoms with Crippen molar-refractivity contribution in [2.75, 3.05) is 5.32 Å². The van der Waals surface area contributed by atoms with Gasteiger partial charge >= 0.3 is 6.61 Å². The van der Waals surface area contributed by atoms with Crippen molar-refractivity contribution in [1.82, 2.24) is 14.3 Å². The molecule has 0 atom stereocenters. The zero-order valence-electron chi connectivity index (χ0n) is 9.43. The fourth-order valence-corrected chi connectivity index (χ4v) is 1.79. The first-order valence-electron chi connectivity index (χ1n) is 5.07. The van der Waals surface area contributed by atoms with Crippen LogP contribution in [0.5, 0.6) is 5.75 Å². The number of hydrogen-bond acceptors (Lipinski definition) is 6. The van der Waals surface area contributed by atoms with Gasteiger partial charge in [0.2, 0.25) is 5.13 Å². The molecule has 2 rings (SSSR count). The Labute approximate surface area is 106 Å². The van der Waals surface area contributed by atoms with Gasteiger partial charge in [0.05, 0.1) is 18.4 Å². The lowest BCUT2D eigenvalue weighted by molar-refractivity contribution is -0.0500. The van der Waals surface area contributed by atoms with Gasteiger partial charge in [-0.15, -0.1) is 0 Å². The normalized spacial score (nSPS) is 10.7. The zero-order valence-corrected chi connectivity index (χ0v) is 10.2. The van der Waals surface area contributed by atoms with Gasteiger partial charge < -0.3 is 10.1 Å². The number of ether oxygens (including phenoxy) is 1. The summed E-state index contributed by atoms with van der Waals surface area (Å²) >= 11 is 1.26. The Morgan fingerprint density at radius 1 is 1.44 bits per heavy atom. The van der Waals surface area contributed by atoms with Crippen LogP contribution < -0.4 is 10.1 Å². The highest BCUT2D eigenvalue weighted by Gasteiger charge is 2.05. The van der Waals surface area contributed by atoms with Gasteiger partial charge in [-0.1, -0.05) is 0 Å². The molecule has 5 nitrogen and oxygen atoms in total. The molecule has 0 radical (unpaired) electrons. The van der Waals surface area contributed by atoms with E-state index in [1.807, 2.05) is 0 Å². The Morgan fingerprint density at radius 2 is 2.28 bits per heavy atom. The average molecular weight is 272 g/mol. The largest absolute Gasteiger partial charge is 0.433 e. The molecule has 18 heavy (non-hydrogen) atoms. The van der Waals surface area contributed by atoms with Gasteiger partial charge in [0, 0.05) is 11.5 Å². The number of nitrogens with zero attached hydrogens (tertiary/aromatic N) is 3. The lowest BCUT2D eigenvalue weighted by atomic mass is 10.3. The van der Waals surface area contributed by atoms with Crippen molar-refractivity contribution in [2.24, 2.45) is 0 Å². The third-order valence-electron chi connectivity index (χ3n) is 1.97. The van der Waals surface area contributed by atoms with E-state index in [4.69, 9.17) is 0 Å². The molecular weight excluding hydrogens is 262 g/mol. The lowest BCUT2D eigenvalue weighted by Gasteiger charge is -2.05. The highest BCUT2D eigenvalue weighted by molar-refractivity contribution is 7.09. The molecule has 8 heteroatoms. The molecular formula is C10H10F2N4OS. The Hall–Kier alpha value is -1.83. The van der Waals surface area contributed by atoms with Crippen LogP contribution in [0.4, 0.5) is 13.9 Å². The van der Waals surface area contributed by atoms with Crippen molar-refractivity contribution < 1.29 is 13.5 Å². The molecule has 0 aliphatic carbocycles. The molecule has 0 saturated heterocycles. The molecule has 0 aromatic carbocycles. The van der Waals surface area contributed by atoms with Crippen molar-refractivity contribution in [2.45, 2.75) is 20.1 Å². The van der Waals surface area contributed by atoms with Crippen molar-refractivity contribution >= 4 is 16.7 Å². The monoisotopic (exact) mass is 272 g/mol. The summed E-state index contributed by atoms with van der Waals surface area (Å²) in [4.78, 5) is 8.12. The maximum absolute atomic E-state index is 11.9. The summed E-state index contributed by atoms with van der Waals surface area (Å²) < 4.78 is 32.1. The fourth-order valence-electron chi connectivity index (χ4n) is 1.22. The van der Waals surface area contributed by atoms with E-state index in [-0.39, 0.29) is 5.75 Å². The summed E-state index contributed by atoms with van der Waals surface area (Å²) in [5.74, 6) is 0.747. The molecule has 0 spiro atoms. The molecule has 0 aliphatic heterocycles. The number of alkyl halides is 2. The minimum Gasteiger partial charge on any atom is -0.433 e. The molecule has 1 N–H and O–H groups in total. The molecule has 2 aromatic rings. The Kier molecular flexibility index (Phi) is 3.98. The van der Waals surface area contributed by atoms with Gasteiger partial charge in [-0.05, 0) is 19.1 Å². The minimum absolute atomic E-state index is 0.0421. The van der Waals surface area contributed by atoms with Crippen molar-refractivity contribution in [3.05, 3.63) is 29.8 Å². The number of aromatic nitrogens is 3. The summed E-state index contributed by atoms with van der Waals surface area (Å²) in [5, 5.41) is 3.73. The second-order valence-corrected chi connectivity index (χ2v) is 4.12. The van der Waals surface area contributed by atoms with Crippen LogP contribution in [0.1, 0.15) is 11.5 Å². The number of pyridine rings is 1. The number of halogens is 2. The SMILES string of the molecule is Cc1nsc(NCc2ccc(OC(F)F)cn2)n1. The quantitative estimate of drug-likeness (QED) is 0.906. The third kappa shape index (κ3) is 3.59. The van der Waals surface area contributed by atoms with Crippen LogP contribution in [0.3, 0.4) is 0 Å². The fraction of sp³-hybridized carbons (Fsp3) is 0.300. The van der Waals surface area contributed by atoms with Crippen LogP contribution in [-0.2, 0) is 6.54 Å². The van der Waals surface area contributed by atoms with Crippen molar-refractivity contribution in [3.8, 4) is 5.75 Å². The Bertz CT molecular complexity index is 503. The van der Waals surface area contributed by atoms with E-state index in [1.165, 1.54) is 23.8 Å². The van der Waals surface area contributed by atoms with Gasteiger partial charge in [-0.2, -0.15) is 13.2 Å². The molecule has 96 valence electrons. The first-order valence-corrected chi connectivity index (χ1v) is 5.85. The second kappa shape index (κ2) is 5.67. The molecule has 0 aliphatic rings. The van der Waals surface area contributed by atoms with E-state index in [2.05, 4.69) is 24.4 Å². The first kappa shape index (κ1) is 12.6. The maximum Gasteiger partial charge on any atom is 0.387 e. The summed E-state index contributed by atoms with van der Waals surface area (Å²) in [6.07, 6.45) is 1.26. The van der Waals surface area contributed by atoms with Gasteiger partial charge in [0.25, 0.3) is 0 Å². The molecule has 2 aromatic heterocycles. The van der Waals surface area contributed by atoms with Crippen LogP contribution in [-0.4, -0.2) is 21.0 Å². The molecule has 2 heterocycles. The van der Waals surface area contributed by atoms with Crippen LogP contribution in [0.2, 0.25) is 0 Å². The highest BCUT2D eigenvalue weighted by Crippen LogP contribution is 2.14. The minimum atomic E-state index is -2.83. The number of rotatable bonds is 5. The Morgan fingerprint density at radius 3 is 2.83 bits per heavy atom. The predicted molar refractivity (Wildman–Crippen MR) is 62.8 cm³/mol. The van der Waals surface area contributed by atoms with Gasteiger partial charge in [-0.3, -0.25) is 4.98 Å². The molecule has 0 bridgehead atoms. The van der Waals surface area contributed by atoms with E-state index in [9.17, 15) is 8.78 Å². The maximum atomic E-state index is 11.9. The molecule has 0 amide bonds. The predicted octanol–water partition coefficient (Wildman–Crippen LogP) is 2.46. The van der Waals surface area contributed by atoms with Gasteiger partial charge in [0.1, 0.15) is 11.6 Å². The van der Waals surface area contributed by atoms with Crippen LogP contribution in [0.25, 0.3) is 0 Å². The smallest absolute Gasteiger partial charge is 0.387 e. The van der Waals surface area contributed by atoms with E-state index < -0.39 is 6.61 Å². The van der Waals surface area contributed by atoms with Crippen molar-refractivity contribution in [1.29, 1.82) is 0 Å². The summed E-state index contributed by atoms with van der Waals surface area (Å²) in [6.45, 7) is -0.583. The van der Waals surface area contributed by atoms with E-state index in [1.54, 1.807) is 13.0 Å². The zero-order chi connectivity index (χ0) is 13.0. The number of hydrogen-bond donors (Lipinski definition) is 1. The summed E-state index contributed by atoms with van der Waals surface area (Å²) in [7, 11) is 0. The van der Waals surface area contributed by atoms with Crippen LogP contribution >= 0.6 is 11.5 Å². The number of anilines is 1. The highest BCUT2D eigenvalue weighted by atomic mass is 32.1. The number of nitrogens with one attached hydrogen (secondary N) is 1. The second-order valence-electron chi connectivity index (χ2n) is 3.36. The van der Waals surface area contributed by atoms with Crippen LogP contribution in [0, 0.1) is 6.92 Å². The van der Waals surface area contributed by atoms with Crippen LogP contribution in [0.15, 0.2) is 18.3 Å². The van der Waals surface area contributed by atoms with Gasteiger partial charge in [0.15, 0.2) is 0 Å². The first-order chi connectivity index (χ1) is 8.63. The molecule has 0 unspecified atom stereocenters. The standard InChI is InChI=1S/C10H10F2N4OS/c1-6-15-10(18-16-6)14-4-7-2-3-8(5-13-7)17-9(11)12/h2-3,5,9H,4H2,1H3,(H,14,15,16). The van der Waals surface area contributed by atoms with E-state index in [0.29, 0.717) is 23.2 Å². The lowest BCUT2D eigenvalue weighted by Crippen LogP contribution is -2.04. The average Bonchev–Trinajstić information content (AvgIpc) is 2.74. The summed E-state index contributed by atoms with van der Waals surface area (Å²) in [5.41, 5.74) is 0.699. The third-order valence-corrected chi connectivity index (χ3v) is 2.74. The molecule has 0 saturated carbocycles. The molecule has 0 fully saturated rings. The van der Waals surface area contributed by atoms with Crippen molar-refractivity contribution in [3.63, 3.8) is 0 Å². The van der Waals surface area contributed by atoms with E-state index in [0.717, 1.165) is 0 Å². The topological polar surface area (TPSA) is 59.9 Å². The van der Waals surface area contributed by atoms with E-state index >= 15 is 0 Å².